The summed E-state index contributed by atoms with van der Waals surface area (Å²) >= 11 is 0. The number of nitrogens with one attached hydrogen (secondary N) is 1. The molecule has 1 heterocycles. The van der Waals surface area contributed by atoms with E-state index in [2.05, 4.69) is 5.32 Å². The normalized spacial score (nSPS) is 22.7. The molecule has 1 aliphatic heterocycles. The molecule has 0 aromatic rings. The minimum atomic E-state index is -0.695. The Morgan fingerprint density at radius 2 is 1.83 bits per heavy atom. The number of carbonyl (C=O) groups excluding carboxylic acids is 2. The largest absolute Gasteiger partial charge is 0.481 e. The third-order valence-corrected chi connectivity index (χ3v) is 5.13. The van der Waals surface area contributed by atoms with Gasteiger partial charge in [-0.15, -0.1) is 0 Å². The standard InChI is InChI=1S/C17H28N2O4/c1-16(2,3)15(23)18-8-4-5-13(20)19-9-6-17(7-10-19)11-12(17)14(21)22/h12H,4-11H2,1-3H3,(H,18,23)(H,21,22). The van der Waals surface area contributed by atoms with Crippen LogP contribution in [0.4, 0.5) is 0 Å². The highest BCUT2D eigenvalue weighted by atomic mass is 16.4. The van der Waals surface area contributed by atoms with E-state index in [1.807, 2.05) is 25.7 Å². The van der Waals surface area contributed by atoms with E-state index in [0.29, 0.717) is 32.5 Å². The van der Waals surface area contributed by atoms with Crippen LogP contribution in [0.5, 0.6) is 0 Å². The van der Waals surface area contributed by atoms with Crippen molar-refractivity contribution in [3.8, 4) is 0 Å². The lowest BCUT2D eigenvalue weighted by atomic mass is 9.90. The second kappa shape index (κ2) is 6.49. The second-order valence-corrected chi connectivity index (χ2v) is 7.95. The molecule has 0 radical (unpaired) electrons. The van der Waals surface area contributed by atoms with Crippen LogP contribution in [0.3, 0.4) is 0 Å². The summed E-state index contributed by atoms with van der Waals surface area (Å²) in [5, 5.41) is 11.9. The average Bonchev–Trinajstić information content (AvgIpc) is 3.17. The summed E-state index contributed by atoms with van der Waals surface area (Å²) in [7, 11) is 0. The summed E-state index contributed by atoms with van der Waals surface area (Å²) in [6.07, 6.45) is 3.44. The van der Waals surface area contributed by atoms with E-state index in [1.165, 1.54) is 0 Å². The highest BCUT2D eigenvalue weighted by molar-refractivity contribution is 5.81. The van der Waals surface area contributed by atoms with E-state index >= 15 is 0 Å². The lowest BCUT2D eigenvalue weighted by Crippen LogP contribution is -2.40. The van der Waals surface area contributed by atoms with Crippen LogP contribution in [0.15, 0.2) is 0 Å². The van der Waals surface area contributed by atoms with Gasteiger partial charge >= 0.3 is 5.97 Å². The fraction of sp³-hybridized carbons (Fsp3) is 0.824. The monoisotopic (exact) mass is 324 g/mol. The summed E-state index contributed by atoms with van der Waals surface area (Å²) in [6.45, 7) is 7.42. The van der Waals surface area contributed by atoms with E-state index in [0.717, 1.165) is 19.3 Å². The summed E-state index contributed by atoms with van der Waals surface area (Å²) < 4.78 is 0. The number of rotatable bonds is 5. The zero-order chi connectivity index (χ0) is 17.3. The molecule has 2 N–H and O–H groups in total. The molecule has 1 saturated carbocycles. The number of nitrogens with zero attached hydrogens (tertiary/aromatic N) is 1. The molecule has 130 valence electrons. The lowest BCUT2D eigenvalue weighted by Gasteiger charge is -2.32. The third-order valence-electron chi connectivity index (χ3n) is 5.13. The van der Waals surface area contributed by atoms with Gasteiger partial charge in [0.05, 0.1) is 5.92 Å². The molecule has 2 rings (SSSR count). The second-order valence-electron chi connectivity index (χ2n) is 7.95. The van der Waals surface area contributed by atoms with Crippen LogP contribution >= 0.6 is 0 Å². The topological polar surface area (TPSA) is 86.7 Å². The molecule has 23 heavy (non-hydrogen) atoms. The highest BCUT2D eigenvalue weighted by Gasteiger charge is 2.59. The Kier molecular flexibility index (Phi) is 5.01. The Morgan fingerprint density at radius 3 is 2.30 bits per heavy atom. The van der Waals surface area contributed by atoms with Crippen LogP contribution in [-0.2, 0) is 14.4 Å². The predicted octanol–water partition coefficient (Wildman–Crippen LogP) is 1.64. The van der Waals surface area contributed by atoms with Crippen molar-refractivity contribution in [1.29, 1.82) is 0 Å². The van der Waals surface area contributed by atoms with Crippen molar-refractivity contribution in [3.05, 3.63) is 0 Å². The molecule has 0 bridgehead atoms. The molecule has 0 aromatic heterocycles. The number of hydrogen-bond donors (Lipinski definition) is 2. The third kappa shape index (κ3) is 4.24. The molecule has 0 aromatic carbocycles. The minimum absolute atomic E-state index is 0.00157. The SMILES string of the molecule is CC(C)(C)C(=O)NCCCC(=O)N1CCC2(CC1)CC2C(=O)O. The van der Waals surface area contributed by atoms with Gasteiger partial charge in [-0.3, -0.25) is 14.4 Å². The zero-order valence-corrected chi connectivity index (χ0v) is 14.4. The van der Waals surface area contributed by atoms with Crippen LogP contribution in [-0.4, -0.2) is 47.4 Å². The first kappa shape index (κ1) is 17.8. The van der Waals surface area contributed by atoms with Crippen molar-refractivity contribution >= 4 is 17.8 Å². The zero-order valence-electron chi connectivity index (χ0n) is 14.4. The van der Waals surface area contributed by atoms with E-state index in [9.17, 15) is 14.4 Å². The Hall–Kier alpha value is -1.59. The fourth-order valence-corrected chi connectivity index (χ4v) is 3.32. The van der Waals surface area contributed by atoms with Gasteiger partial charge in [0.2, 0.25) is 11.8 Å². The van der Waals surface area contributed by atoms with Crippen molar-refractivity contribution in [2.75, 3.05) is 19.6 Å². The molecule has 1 atom stereocenters. The van der Waals surface area contributed by atoms with Gasteiger partial charge in [-0.05, 0) is 31.1 Å². The van der Waals surface area contributed by atoms with E-state index in [-0.39, 0.29) is 23.1 Å². The summed E-state index contributed by atoms with van der Waals surface area (Å²) in [4.78, 5) is 36.8. The van der Waals surface area contributed by atoms with Gasteiger partial charge in [0.1, 0.15) is 0 Å². The molecule has 1 unspecified atom stereocenters. The number of aliphatic carboxylic acids is 1. The van der Waals surface area contributed by atoms with E-state index in [4.69, 9.17) is 5.11 Å². The Balaban J connectivity index is 1.64. The van der Waals surface area contributed by atoms with Crippen molar-refractivity contribution in [1.82, 2.24) is 10.2 Å². The fourth-order valence-electron chi connectivity index (χ4n) is 3.32. The van der Waals surface area contributed by atoms with E-state index in [1.54, 1.807) is 0 Å². The van der Waals surface area contributed by atoms with Crippen molar-refractivity contribution in [3.63, 3.8) is 0 Å². The van der Waals surface area contributed by atoms with Crippen LogP contribution < -0.4 is 5.32 Å². The van der Waals surface area contributed by atoms with Gasteiger partial charge in [0, 0.05) is 31.5 Å². The molecular weight excluding hydrogens is 296 g/mol. The molecule has 2 amide bonds. The van der Waals surface area contributed by atoms with Gasteiger partial charge in [0.25, 0.3) is 0 Å². The molecular formula is C17H28N2O4. The first-order valence-electron chi connectivity index (χ1n) is 8.45. The van der Waals surface area contributed by atoms with Crippen LogP contribution in [0.1, 0.15) is 52.9 Å². The van der Waals surface area contributed by atoms with Gasteiger partial charge in [-0.1, -0.05) is 20.8 Å². The van der Waals surface area contributed by atoms with Gasteiger partial charge in [-0.2, -0.15) is 0 Å². The molecule has 1 aliphatic carbocycles. The summed E-state index contributed by atoms with van der Waals surface area (Å²) in [6, 6.07) is 0. The number of piperidine rings is 1. The molecule has 2 aliphatic rings. The molecule has 6 heteroatoms. The smallest absolute Gasteiger partial charge is 0.307 e. The maximum Gasteiger partial charge on any atom is 0.307 e. The Labute approximate surface area is 137 Å². The van der Waals surface area contributed by atoms with Crippen molar-refractivity contribution in [2.45, 2.75) is 52.9 Å². The van der Waals surface area contributed by atoms with Gasteiger partial charge in [-0.25, -0.2) is 0 Å². The highest BCUT2D eigenvalue weighted by Crippen LogP contribution is 2.59. The lowest BCUT2D eigenvalue weighted by molar-refractivity contribution is -0.140. The minimum Gasteiger partial charge on any atom is -0.481 e. The van der Waals surface area contributed by atoms with Crippen LogP contribution in [0.25, 0.3) is 0 Å². The Bertz CT molecular complexity index is 487. The number of amides is 2. The first-order chi connectivity index (χ1) is 10.7. The van der Waals surface area contributed by atoms with Crippen LogP contribution in [0.2, 0.25) is 0 Å². The molecule has 2 fully saturated rings. The number of hydrogen-bond acceptors (Lipinski definition) is 3. The summed E-state index contributed by atoms with van der Waals surface area (Å²) in [5.41, 5.74) is -0.445. The summed E-state index contributed by atoms with van der Waals surface area (Å²) in [5.74, 6) is -0.789. The number of carbonyl (C=O) groups is 3. The quantitative estimate of drug-likeness (QED) is 0.753. The average molecular weight is 324 g/mol. The molecule has 1 saturated heterocycles. The number of carboxylic acids is 1. The maximum absolute atomic E-state index is 12.2. The van der Waals surface area contributed by atoms with E-state index < -0.39 is 11.4 Å². The van der Waals surface area contributed by atoms with Gasteiger partial charge in [0.15, 0.2) is 0 Å². The van der Waals surface area contributed by atoms with Gasteiger partial charge < -0.3 is 15.3 Å². The molecule has 6 nitrogen and oxygen atoms in total. The van der Waals surface area contributed by atoms with Crippen molar-refractivity contribution < 1.29 is 19.5 Å². The predicted molar refractivity (Wildman–Crippen MR) is 85.7 cm³/mol. The molecule has 1 spiro atoms. The van der Waals surface area contributed by atoms with Crippen molar-refractivity contribution in [2.24, 2.45) is 16.7 Å². The maximum atomic E-state index is 12.2. The first-order valence-corrected chi connectivity index (χ1v) is 8.45. The van der Waals surface area contributed by atoms with Crippen LogP contribution in [0, 0.1) is 16.7 Å². The Morgan fingerprint density at radius 1 is 1.22 bits per heavy atom. The number of carboxylic acid groups (broad SMARTS) is 1. The number of likely N-dealkylation sites (tertiary alicyclic amines) is 1.